The Labute approximate surface area is 167 Å². The molecule has 1 saturated heterocycles. The van der Waals surface area contributed by atoms with Crippen LogP contribution in [0.2, 0.25) is 0 Å². The van der Waals surface area contributed by atoms with Crippen LogP contribution in [0.1, 0.15) is 47.1 Å². The van der Waals surface area contributed by atoms with Gasteiger partial charge in [-0.05, 0) is 59.2 Å². The van der Waals surface area contributed by atoms with E-state index in [4.69, 9.17) is 4.74 Å². The van der Waals surface area contributed by atoms with Gasteiger partial charge in [0, 0.05) is 18.6 Å². The highest BCUT2D eigenvalue weighted by molar-refractivity contribution is 5.81. The molecule has 28 heavy (non-hydrogen) atoms. The zero-order valence-electron chi connectivity index (χ0n) is 17.8. The minimum absolute atomic E-state index is 0.134. The molecule has 2 rings (SSSR count). The molecule has 0 spiro atoms. The van der Waals surface area contributed by atoms with E-state index in [9.17, 15) is 14.8 Å². The standard InChI is InChI=1S/C20H32N4O4/c1-13(2)21-18(25)24(27)17-20(5,6)22(19(26)23(17)14(3)4)12-15-8-10-16(28-7)11-9-15/h8-11,13-14,17,27H,12H2,1-7H3,(H,21,25). The van der Waals surface area contributed by atoms with Crippen molar-refractivity contribution in [3.05, 3.63) is 29.8 Å². The predicted octanol–water partition coefficient (Wildman–Crippen LogP) is 3.26. The van der Waals surface area contributed by atoms with Crippen molar-refractivity contribution in [2.75, 3.05) is 7.11 Å². The maximum Gasteiger partial charge on any atom is 0.343 e. The van der Waals surface area contributed by atoms with Crippen molar-refractivity contribution in [2.24, 2.45) is 0 Å². The van der Waals surface area contributed by atoms with E-state index in [2.05, 4.69) is 5.32 Å². The van der Waals surface area contributed by atoms with Gasteiger partial charge in [0.25, 0.3) is 0 Å². The number of amides is 4. The Hall–Kier alpha value is -2.48. The van der Waals surface area contributed by atoms with Gasteiger partial charge in [0.05, 0.1) is 12.6 Å². The molecule has 1 aromatic rings. The molecule has 156 valence electrons. The largest absolute Gasteiger partial charge is 0.497 e. The van der Waals surface area contributed by atoms with Gasteiger partial charge in [-0.2, -0.15) is 5.06 Å². The minimum atomic E-state index is -0.822. The molecule has 8 nitrogen and oxygen atoms in total. The second kappa shape index (κ2) is 8.26. The lowest BCUT2D eigenvalue weighted by molar-refractivity contribution is -0.138. The monoisotopic (exact) mass is 392 g/mol. The predicted molar refractivity (Wildman–Crippen MR) is 106 cm³/mol. The summed E-state index contributed by atoms with van der Waals surface area (Å²) in [5.41, 5.74) is 0.118. The van der Waals surface area contributed by atoms with Gasteiger partial charge >= 0.3 is 12.1 Å². The van der Waals surface area contributed by atoms with E-state index >= 15 is 0 Å². The molecule has 1 fully saturated rings. The number of hydrogen-bond donors (Lipinski definition) is 2. The molecule has 0 radical (unpaired) electrons. The molecule has 1 unspecified atom stereocenters. The Kier molecular flexibility index (Phi) is 6.44. The Morgan fingerprint density at radius 1 is 1.25 bits per heavy atom. The molecule has 1 aliphatic rings. The number of methoxy groups -OCH3 is 1. The first-order valence-electron chi connectivity index (χ1n) is 9.52. The average molecular weight is 393 g/mol. The van der Waals surface area contributed by atoms with Crippen LogP contribution in [0, 0.1) is 0 Å². The zero-order chi connectivity index (χ0) is 21.2. The fraction of sp³-hybridized carbons (Fsp3) is 0.600. The number of carbonyl (C=O) groups excluding carboxylic acids is 2. The smallest absolute Gasteiger partial charge is 0.343 e. The lowest BCUT2D eigenvalue weighted by atomic mass is 9.99. The number of urea groups is 2. The Morgan fingerprint density at radius 2 is 1.82 bits per heavy atom. The van der Waals surface area contributed by atoms with E-state index in [1.165, 1.54) is 0 Å². The second-order valence-electron chi connectivity index (χ2n) is 8.19. The average Bonchev–Trinajstić information content (AvgIpc) is 2.81. The summed E-state index contributed by atoms with van der Waals surface area (Å²) in [5.74, 6) is 0.740. The summed E-state index contributed by atoms with van der Waals surface area (Å²) in [5, 5.41) is 14.0. The Balaban J connectivity index is 2.34. The van der Waals surface area contributed by atoms with Gasteiger partial charge in [-0.15, -0.1) is 0 Å². The van der Waals surface area contributed by atoms with Gasteiger partial charge in [-0.25, -0.2) is 9.59 Å². The summed E-state index contributed by atoms with van der Waals surface area (Å²) in [6.45, 7) is 11.4. The van der Waals surface area contributed by atoms with Crippen molar-refractivity contribution in [3.63, 3.8) is 0 Å². The SMILES string of the molecule is COc1ccc(CN2C(=O)N(C(C)C)C(N(O)C(=O)NC(C)C)C2(C)C)cc1. The van der Waals surface area contributed by atoms with E-state index in [1.54, 1.807) is 16.9 Å². The normalized spacial score (nSPS) is 18.8. The summed E-state index contributed by atoms with van der Waals surface area (Å²) >= 11 is 0. The third kappa shape index (κ3) is 4.16. The highest BCUT2D eigenvalue weighted by Gasteiger charge is 2.56. The minimum Gasteiger partial charge on any atom is -0.497 e. The first-order chi connectivity index (χ1) is 13.0. The third-order valence-electron chi connectivity index (χ3n) is 4.95. The first-order valence-corrected chi connectivity index (χ1v) is 9.52. The van der Waals surface area contributed by atoms with Crippen molar-refractivity contribution < 1.29 is 19.5 Å². The fourth-order valence-electron chi connectivity index (χ4n) is 3.50. The van der Waals surface area contributed by atoms with Crippen molar-refractivity contribution >= 4 is 12.1 Å². The quantitative estimate of drug-likeness (QED) is 0.575. The lowest BCUT2D eigenvalue weighted by Gasteiger charge is -2.39. The van der Waals surface area contributed by atoms with E-state index in [0.29, 0.717) is 11.6 Å². The van der Waals surface area contributed by atoms with Crippen LogP contribution in [0.15, 0.2) is 24.3 Å². The summed E-state index contributed by atoms with van der Waals surface area (Å²) < 4.78 is 5.18. The molecule has 4 amide bonds. The summed E-state index contributed by atoms with van der Waals surface area (Å²) in [4.78, 5) is 28.9. The number of benzene rings is 1. The van der Waals surface area contributed by atoms with Crippen LogP contribution in [0.25, 0.3) is 0 Å². The first kappa shape index (κ1) is 21.8. The van der Waals surface area contributed by atoms with E-state index < -0.39 is 17.7 Å². The summed E-state index contributed by atoms with van der Waals surface area (Å²) in [6.07, 6.45) is -0.822. The van der Waals surface area contributed by atoms with Gasteiger partial charge in [-0.1, -0.05) is 12.1 Å². The summed E-state index contributed by atoms with van der Waals surface area (Å²) in [6, 6.07) is 6.30. The van der Waals surface area contributed by atoms with Gasteiger partial charge < -0.3 is 15.0 Å². The molecular weight excluding hydrogens is 360 g/mol. The van der Waals surface area contributed by atoms with Crippen LogP contribution in [0.5, 0.6) is 5.75 Å². The molecule has 2 N–H and O–H groups in total. The van der Waals surface area contributed by atoms with Gasteiger partial charge in [-0.3, -0.25) is 10.1 Å². The number of ether oxygens (including phenoxy) is 1. The highest BCUT2D eigenvalue weighted by atomic mass is 16.5. The van der Waals surface area contributed by atoms with Crippen molar-refractivity contribution in [1.82, 2.24) is 20.2 Å². The number of hydroxylamine groups is 2. The maximum atomic E-state index is 13.2. The topological polar surface area (TPSA) is 85.3 Å². The van der Waals surface area contributed by atoms with E-state index in [-0.39, 0.29) is 18.1 Å². The van der Waals surface area contributed by atoms with Crippen LogP contribution in [0.3, 0.4) is 0 Å². The number of carbonyl (C=O) groups is 2. The number of rotatable bonds is 6. The summed E-state index contributed by atoms with van der Waals surface area (Å²) in [7, 11) is 1.60. The molecule has 0 saturated carbocycles. The molecular formula is C20H32N4O4. The van der Waals surface area contributed by atoms with Gasteiger partial charge in [0.2, 0.25) is 0 Å². The van der Waals surface area contributed by atoms with Crippen LogP contribution in [0.4, 0.5) is 9.59 Å². The number of nitrogens with zero attached hydrogens (tertiary/aromatic N) is 3. The molecule has 0 bridgehead atoms. The number of nitrogens with one attached hydrogen (secondary N) is 1. The third-order valence-corrected chi connectivity index (χ3v) is 4.95. The van der Waals surface area contributed by atoms with Crippen LogP contribution >= 0.6 is 0 Å². The number of hydrogen-bond acceptors (Lipinski definition) is 4. The van der Waals surface area contributed by atoms with Gasteiger partial charge in [0.1, 0.15) is 5.75 Å². The fourth-order valence-corrected chi connectivity index (χ4v) is 3.50. The Morgan fingerprint density at radius 3 is 2.29 bits per heavy atom. The molecule has 1 aromatic carbocycles. The molecule has 1 heterocycles. The second-order valence-corrected chi connectivity index (χ2v) is 8.19. The molecule has 0 aliphatic carbocycles. The van der Waals surface area contributed by atoms with Crippen LogP contribution in [-0.4, -0.2) is 63.0 Å². The van der Waals surface area contributed by atoms with Crippen molar-refractivity contribution in [3.8, 4) is 5.75 Å². The van der Waals surface area contributed by atoms with Gasteiger partial charge in [0.15, 0.2) is 6.17 Å². The maximum absolute atomic E-state index is 13.2. The zero-order valence-corrected chi connectivity index (χ0v) is 17.8. The highest BCUT2D eigenvalue weighted by Crippen LogP contribution is 2.37. The van der Waals surface area contributed by atoms with Crippen molar-refractivity contribution in [2.45, 2.75) is 71.9 Å². The Bertz CT molecular complexity index is 703. The molecule has 8 heteroatoms. The lowest BCUT2D eigenvalue weighted by Crippen LogP contribution is -2.60. The van der Waals surface area contributed by atoms with E-state index in [1.807, 2.05) is 65.8 Å². The molecule has 1 aliphatic heterocycles. The van der Waals surface area contributed by atoms with Crippen LogP contribution in [-0.2, 0) is 6.54 Å². The van der Waals surface area contributed by atoms with E-state index in [0.717, 1.165) is 11.3 Å². The molecule has 1 atom stereocenters. The van der Waals surface area contributed by atoms with Crippen molar-refractivity contribution in [1.29, 1.82) is 0 Å². The molecule has 0 aromatic heterocycles. The van der Waals surface area contributed by atoms with Crippen LogP contribution < -0.4 is 10.1 Å².